The number of nitrogens with zero attached hydrogens (tertiary/aromatic N) is 2. The van der Waals surface area contributed by atoms with E-state index in [0.29, 0.717) is 10.2 Å². The summed E-state index contributed by atoms with van der Waals surface area (Å²) in [7, 11) is 0. The number of anilines is 1. The fourth-order valence-electron chi connectivity index (χ4n) is 1.20. The van der Waals surface area contributed by atoms with Crippen LogP contribution in [0.4, 0.5) is 5.69 Å². The Labute approximate surface area is 114 Å². The molecule has 2 aromatic rings. The molecule has 0 saturated heterocycles. The van der Waals surface area contributed by atoms with Gasteiger partial charge in [-0.3, -0.25) is 4.79 Å². The number of amides is 1. The summed E-state index contributed by atoms with van der Waals surface area (Å²) in [6.07, 6.45) is 1.36. The van der Waals surface area contributed by atoms with Crippen molar-refractivity contribution in [2.75, 3.05) is 5.32 Å². The molecule has 1 aromatic carbocycles. The molecule has 0 saturated carbocycles. The normalized spacial score (nSPS) is 10.1. The van der Waals surface area contributed by atoms with Gasteiger partial charge in [-0.05, 0) is 34.1 Å². The molecule has 2 rings (SSSR count). The number of hydrogen-bond donors (Lipinski definition) is 2. The van der Waals surface area contributed by atoms with Crippen molar-refractivity contribution in [1.82, 2.24) is 8.75 Å². The van der Waals surface area contributed by atoms with Crippen molar-refractivity contribution < 1.29 is 14.7 Å². The van der Waals surface area contributed by atoms with E-state index in [2.05, 4.69) is 30.0 Å². The molecule has 0 spiro atoms. The van der Waals surface area contributed by atoms with E-state index in [1.54, 1.807) is 0 Å². The Morgan fingerprint density at radius 3 is 2.72 bits per heavy atom. The SMILES string of the molecule is O=C(O)c1ccc(NC(=O)c2cnsn2)c(Br)c1. The summed E-state index contributed by atoms with van der Waals surface area (Å²) in [6, 6.07) is 4.32. The van der Waals surface area contributed by atoms with Crippen LogP contribution in [0.3, 0.4) is 0 Å². The standard InChI is InChI=1S/C10H6BrN3O3S/c11-6-3-5(10(16)17)1-2-7(6)13-9(15)8-4-12-18-14-8/h1-4H,(H,13,15)(H,16,17). The van der Waals surface area contributed by atoms with Crippen molar-refractivity contribution in [2.24, 2.45) is 0 Å². The van der Waals surface area contributed by atoms with Crippen LogP contribution in [0.5, 0.6) is 0 Å². The van der Waals surface area contributed by atoms with Crippen molar-refractivity contribution in [2.45, 2.75) is 0 Å². The highest BCUT2D eigenvalue weighted by Gasteiger charge is 2.12. The van der Waals surface area contributed by atoms with E-state index in [1.807, 2.05) is 0 Å². The maximum absolute atomic E-state index is 11.7. The van der Waals surface area contributed by atoms with Crippen LogP contribution >= 0.6 is 27.7 Å². The van der Waals surface area contributed by atoms with Gasteiger partial charge in [-0.25, -0.2) is 4.79 Å². The molecule has 0 aliphatic carbocycles. The lowest BCUT2D eigenvalue weighted by Gasteiger charge is -2.06. The van der Waals surface area contributed by atoms with Gasteiger partial charge >= 0.3 is 5.97 Å². The Kier molecular flexibility index (Phi) is 3.68. The number of rotatable bonds is 3. The number of nitrogens with one attached hydrogen (secondary N) is 1. The molecule has 6 nitrogen and oxygen atoms in total. The van der Waals surface area contributed by atoms with Crippen LogP contribution in [0.15, 0.2) is 28.9 Å². The molecule has 2 N–H and O–H groups in total. The smallest absolute Gasteiger partial charge is 0.335 e. The van der Waals surface area contributed by atoms with E-state index in [4.69, 9.17) is 5.11 Å². The summed E-state index contributed by atoms with van der Waals surface area (Å²) >= 11 is 4.13. The van der Waals surface area contributed by atoms with E-state index < -0.39 is 11.9 Å². The lowest BCUT2D eigenvalue weighted by molar-refractivity contribution is 0.0696. The third kappa shape index (κ3) is 2.71. The van der Waals surface area contributed by atoms with Gasteiger partial charge in [0.25, 0.3) is 5.91 Å². The van der Waals surface area contributed by atoms with Gasteiger partial charge in [0, 0.05) is 4.47 Å². The van der Waals surface area contributed by atoms with Crippen LogP contribution < -0.4 is 5.32 Å². The van der Waals surface area contributed by atoms with E-state index in [1.165, 1.54) is 24.4 Å². The highest BCUT2D eigenvalue weighted by atomic mass is 79.9. The van der Waals surface area contributed by atoms with Gasteiger partial charge in [0.05, 0.1) is 29.2 Å². The average molecular weight is 328 g/mol. The molecule has 18 heavy (non-hydrogen) atoms. The summed E-state index contributed by atoms with van der Waals surface area (Å²) in [5, 5.41) is 11.4. The molecule has 0 aliphatic heterocycles. The van der Waals surface area contributed by atoms with Crippen LogP contribution in [-0.4, -0.2) is 25.7 Å². The van der Waals surface area contributed by atoms with Crippen LogP contribution in [0.25, 0.3) is 0 Å². The van der Waals surface area contributed by atoms with Crippen LogP contribution in [0, 0.1) is 0 Å². The van der Waals surface area contributed by atoms with Crippen molar-refractivity contribution >= 4 is 45.2 Å². The number of carboxylic acid groups (broad SMARTS) is 1. The summed E-state index contributed by atoms with van der Waals surface area (Å²) in [5.74, 6) is -1.43. The highest BCUT2D eigenvalue weighted by molar-refractivity contribution is 9.10. The van der Waals surface area contributed by atoms with Gasteiger partial charge in [-0.15, -0.1) is 0 Å². The monoisotopic (exact) mass is 327 g/mol. The molecular weight excluding hydrogens is 322 g/mol. The molecule has 0 bridgehead atoms. The second kappa shape index (κ2) is 5.23. The largest absolute Gasteiger partial charge is 0.478 e. The summed E-state index contributed by atoms with van der Waals surface area (Å²) in [4.78, 5) is 22.5. The van der Waals surface area contributed by atoms with E-state index in [9.17, 15) is 9.59 Å². The van der Waals surface area contributed by atoms with Gasteiger partial charge in [-0.1, -0.05) is 0 Å². The summed E-state index contributed by atoms with van der Waals surface area (Å²) in [5.41, 5.74) is 0.822. The number of carbonyl (C=O) groups is 2. The molecule has 0 radical (unpaired) electrons. The molecule has 1 heterocycles. The number of carbonyl (C=O) groups excluding carboxylic acids is 1. The Hall–Kier alpha value is -1.80. The fourth-order valence-corrected chi connectivity index (χ4v) is 2.09. The first-order valence-corrected chi connectivity index (χ1v) is 6.22. The maximum Gasteiger partial charge on any atom is 0.335 e. The number of carboxylic acids is 1. The molecule has 1 amide bonds. The van der Waals surface area contributed by atoms with Gasteiger partial charge in [0.15, 0.2) is 5.69 Å². The zero-order chi connectivity index (χ0) is 13.1. The quantitative estimate of drug-likeness (QED) is 0.901. The van der Waals surface area contributed by atoms with E-state index >= 15 is 0 Å². The summed E-state index contributed by atoms with van der Waals surface area (Å²) in [6.45, 7) is 0. The van der Waals surface area contributed by atoms with Crippen molar-refractivity contribution in [3.8, 4) is 0 Å². The minimum absolute atomic E-state index is 0.134. The number of hydrogen-bond acceptors (Lipinski definition) is 5. The van der Waals surface area contributed by atoms with E-state index in [-0.39, 0.29) is 11.3 Å². The lowest BCUT2D eigenvalue weighted by atomic mass is 10.2. The van der Waals surface area contributed by atoms with Crippen molar-refractivity contribution in [1.29, 1.82) is 0 Å². The zero-order valence-electron chi connectivity index (χ0n) is 8.75. The minimum Gasteiger partial charge on any atom is -0.478 e. The number of aromatic nitrogens is 2. The first-order valence-electron chi connectivity index (χ1n) is 4.69. The Morgan fingerprint density at radius 2 is 2.17 bits per heavy atom. The third-order valence-electron chi connectivity index (χ3n) is 2.06. The number of halogens is 1. The highest BCUT2D eigenvalue weighted by Crippen LogP contribution is 2.24. The fraction of sp³-hybridized carbons (Fsp3) is 0. The molecule has 0 fully saturated rings. The van der Waals surface area contributed by atoms with Gasteiger partial charge in [-0.2, -0.15) is 8.75 Å². The predicted molar refractivity (Wildman–Crippen MR) is 69.0 cm³/mol. The van der Waals surface area contributed by atoms with Gasteiger partial charge < -0.3 is 10.4 Å². The second-order valence-electron chi connectivity index (χ2n) is 3.25. The van der Waals surface area contributed by atoms with E-state index in [0.717, 1.165) is 11.7 Å². The second-order valence-corrected chi connectivity index (χ2v) is 4.66. The first-order chi connectivity index (χ1) is 8.58. The van der Waals surface area contributed by atoms with Crippen LogP contribution in [-0.2, 0) is 0 Å². The molecule has 0 unspecified atom stereocenters. The third-order valence-corrected chi connectivity index (χ3v) is 3.19. The lowest BCUT2D eigenvalue weighted by Crippen LogP contribution is -2.12. The average Bonchev–Trinajstić information content (AvgIpc) is 2.85. The van der Waals surface area contributed by atoms with Gasteiger partial charge in [0.1, 0.15) is 0 Å². The van der Waals surface area contributed by atoms with Crippen LogP contribution in [0.1, 0.15) is 20.8 Å². The molecule has 0 atom stereocenters. The topological polar surface area (TPSA) is 92.2 Å². The molecule has 92 valence electrons. The number of aromatic carboxylic acids is 1. The zero-order valence-corrected chi connectivity index (χ0v) is 11.2. The molecular formula is C10H6BrN3O3S. The van der Waals surface area contributed by atoms with Gasteiger partial charge in [0.2, 0.25) is 0 Å². The van der Waals surface area contributed by atoms with Crippen molar-refractivity contribution in [3.63, 3.8) is 0 Å². The Bertz CT molecular complexity index is 600. The number of benzene rings is 1. The molecule has 8 heteroatoms. The Balaban J connectivity index is 2.20. The molecule has 1 aromatic heterocycles. The van der Waals surface area contributed by atoms with Crippen LogP contribution in [0.2, 0.25) is 0 Å². The minimum atomic E-state index is -1.03. The Morgan fingerprint density at radius 1 is 1.39 bits per heavy atom. The van der Waals surface area contributed by atoms with Crippen molar-refractivity contribution in [3.05, 3.63) is 40.1 Å². The molecule has 0 aliphatic rings. The predicted octanol–water partition coefficient (Wildman–Crippen LogP) is 2.25. The maximum atomic E-state index is 11.7. The first kappa shape index (κ1) is 12.7. The summed E-state index contributed by atoms with van der Waals surface area (Å²) < 4.78 is 8.01.